The molecular weight excluding hydrogens is 409 g/mol. The summed E-state index contributed by atoms with van der Waals surface area (Å²) in [5.74, 6) is -0.258. The molecule has 1 heterocycles. The van der Waals surface area contributed by atoms with Crippen molar-refractivity contribution >= 4 is 44.8 Å². The van der Waals surface area contributed by atoms with E-state index in [9.17, 15) is 13.2 Å². The summed E-state index contributed by atoms with van der Waals surface area (Å²) in [4.78, 5) is 16.2. The van der Waals surface area contributed by atoms with Crippen LogP contribution in [0, 0.1) is 0 Å². The number of carbonyl (C=O) groups excluding carboxylic acids is 1. The van der Waals surface area contributed by atoms with Crippen LogP contribution in [0.15, 0.2) is 53.4 Å². The fourth-order valence-corrected chi connectivity index (χ4v) is 4.21. The van der Waals surface area contributed by atoms with Crippen LogP contribution in [0.1, 0.15) is 0 Å². The van der Waals surface area contributed by atoms with Gasteiger partial charge in [-0.1, -0.05) is 41.4 Å². The molecule has 1 saturated heterocycles. The van der Waals surface area contributed by atoms with E-state index in [4.69, 9.17) is 23.2 Å². The molecule has 0 bridgehead atoms. The number of nitrogens with one attached hydrogen (secondary N) is 1. The molecule has 0 aromatic heterocycles. The summed E-state index contributed by atoms with van der Waals surface area (Å²) >= 11 is 11.7. The van der Waals surface area contributed by atoms with E-state index in [1.807, 2.05) is 30.3 Å². The molecule has 6 nitrogen and oxygen atoms in total. The molecule has 0 spiro atoms. The van der Waals surface area contributed by atoms with Crippen molar-refractivity contribution in [2.24, 2.45) is 0 Å². The van der Waals surface area contributed by atoms with Crippen molar-refractivity contribution < 1.29 is 13.2 Å². The number of benzene rings is 2. The van der Waals surface area contributed by atoms with Crippen molar-refractivity contribution in [3.63, 3.8) is 0 Å². The summed E-state index contributed by atoms with van der Waals surface area (Å²) in [6, 6.07) is 14.0. The van der Waals surface area contributed by atoms with Gasteiger partial charge in [-0.25, -0.2) is 13.1 Å². The van der Waals surface area contributed by atoms with Crippen LogP contribution in [-0.4, -0.2) is 51.9 Å². The second-order valence-electron chi connectivity index (χ2n) is 6.10. The summed E-state index contributed by atoms with van der Waals surface area (Å²) in [5.41, 5.74) is 1.12. The van der Waals surface area contributed by atoms with E-state index in [0.717, 1.165) is 5.69 Å². The standard InChI is InChI=1S/C18H19Cl2N3O3S/c19-16-7-6-15(12-17(16)20)27(25,26)21-13-18(24)23-10-8-22(9-11-23)14-4-2-1-3-5-14/h1-7,12,21H,8-11,13H2. The molecule has 0 atom stereocenters. The summed E-state index contributed by atoms with van der Waals surface area (Å²) in [6.07, 6.45) is 0. The molecule has 1 amide bonds. The van der Waals surface area contributed by atoms with Crippen LogP contribution in [0.3, 0.4) is 0 Å². The Morgan fingerprint density at radius 2 is 1.63 bits per heavy atom. The van der Waals surface area contributed by atoms with Crippen molar-refractivity contribution in [2.45, 2.75) is 4.90 Å². The second-order valence-corrected chi connectivity index (χ2v) is 8.69. The topological polar surface area (TPSA) is 69.7 Å². The van der Waals surface area contributed by atoms with Crippen molar-refractivity contribution in [3.05, 3.63) is 58.6 Å². The number of piperazine rings is 1. The third kappa shape index (κ3) is 4.93. The van der Waals surface area contributed by atoms with Gasteiger partial charge in [-0.05, 0) is 30.3 Å². The Hall–Kier alpha value is -1.80. The largest absolute Gasteiger partial charge is 0.368 e. The van der Waals surface area contributed by atoms with Gasteiger partial charge in [0.1, 0.15) is 0 Å². The van der Waals surface area contributed by atoms with E-state index >= 15 is 0 Å². The number of hydrogen-bond acceptors (Lipinski definition) is 4. The van der Waals surface area contributed by atoms with E-state index in [1.165, 1.54) is 18.2 Å². The lowest BCUT2D eigenvalue weighted by Gasteiger charge is -2.36. The summed E-state index contributed by atoms with van der Waals surface area (Å²) < 4.78 is 27.0. The van der Waals surface area contributed by atoms with Gasteiger partial charge < -0.3 is 9.80 Å². The number of para-hydroxylation sites is 1. The van der Waals surface area contributed by atoms with Crippen LogP contribution >= 0.6 is 23.2 Å². The highest BCUT2D eigenvalue weighted by Crippen LogP contribution is 2.24. The predicted molar refractivity (Wildman–Crippen MR) is 107 cm³/mol. The highest BCUT2D eigenvalue weighted by Gasteiger charge is 2.23. The van der Waals surface area contributed by atoms with E-state index in [0.29, 0.717) is 26.2 Å². The first-order valence-corrected chi connectivity index (χ1v) is 10.6. The Labute approximate surface area is 168 Å². The average Bonchev–Trinajstić information content (AvgIpc) is 2.69. The molecule has 1 N–H and O–H groups in total. The van der Waals surface area contributed by atoms with Gasteiger partial charge in [-0.3, -0.25) is 4.79 Å². The van der Waals surface area contributed by atoms with Crippen LogP contribution in [0.2, 0.25) is 10.0 Å². The Kier molecular flexibility index (Phi) is 6.26. The van der Waals surface area contributed by atoms with Gasteiger partial charge in [-0.2, -0.15) is 0 Å². The van der Waals surface area contributed by atoms with Crippen molar-refractivity contribution in [1.29, 1.82) is 0 Å². The maximum absolute atomic E-state index is 12.4. The molecule has 9 heteroatoms. The molecule has 2 aromatic rings. The SMILES string of the molecule is O=C(CNS(=O)(=O)c1ccc(Cl)c(Cl)c1)N1CCN(c2ccccc2)CC1. The zero-order chi connectivity index (χ0) is 19.4. The minimum atomic E-state index is -3.84. The number of halogens is 2. The van der Waals surface area contributed by atoms with Crippen LogP contribution in [0.5, 0.6) is 0 Å². The molecular formula is C18H19Cl2N3O3S. The Morgan fingerprint density at radius 1 is 0.963 bits per heavy atom. The molecule has 0 radical (unpaired) electrons. The molecule has 27 heavy (non-hydrogen) atoms. The number of rotatable bonds is 5. The Balaban J connectivity index is 1.54. The summed E-state index contributed by atoms with van der Waals surface area (Å²) in [7, 11) is -3.84. The quantitative estimate of drug-likeness (QED) is 0.795. The highest BCUT2D eigenvalue weighted by molar-refractivity contribution is 7.89. The number of anilines is 1. The Bertz CT molecular complexity index is 915. The maximum Gasteiger partial charge on any atom is 0.241 e. The van der Waals surface area contributed by atoms with Crippen LogP contribution in [-0.2, 0) is 14.8 Å². The zero-order valence-electron chi connectivity index (χ0n) is 14.4. The van der Waals surface area contributed by atoms with Crippen LogP contribution in [0.25, 0.3) is 0 Å². The predicted octanol–water partition coefficient (Wildman–Crippen LogP) is 2.62. The number of nitrogens with zero attached hydrogens (tertiary/aromatic N) is 2. The number of amides is 1. The third-order valence-corrected chi connectivity index (χ3v) is 6.51. The smallest absolute Gasteiger partial charge is 0.241 e. The molecule has 2 aromatic carbocycles. The number of hydrogen-bond donors (Lipinski definition) is 1. The molecule has 0 unspecified atom stereocenters. The summed E-state index contributed by atoms with van der Waals surface area (Å²) in [6.45, 7) is 2.20. The monoisotopic (exact) mass is 427 g/mol. The molecule has 144 valence electrons. The first kappa shape index (κ1) is 19.9. The van der Waals surface area contributed by atoms with Crippen molar-refractivity contribution in [3.8, 4) is 0 Å². The summed E-state index contributed by atoms with van der Waals surface area (Å²) in [5, 5.41) is 0.408. The zero-order valence-corrected chi connectivity index (χ0v) is 16.8. The Morgan fingerprint density at radius 3 is 2.26 bits per heavy atom. The lowest BCUT2D eigenvalue weighted by Crippen LogP contribution is -2.51. The first-order valence-electron chi connectivity index (χ1n) is 8.39. The maximum atomic E-state index is 12.4. The van der Waals surface area contributed by atoms with E-state index in [1.54, 1.807) is 4.90 Å². The molecule has 1 aliphatic rings. The highest BCUT2D eigenvalue weighted by atomic mass is 35.5. The molecule has 1 fully saturated rings. The molecule has 0 aliphatic carbocycles. The van der Waals surface area contributed by atoms with Crippen molar-refractivity contribution in [2.75, 3.05) is 37.6 Å². The number of sulfonamides is 1. The lowest BCUT2D eigenvalue weighted by atomic mass is 10.2. The van der Waals surface area contributed by atoms with Gasteiger partial charge in [0.25, 0.3) is 0 Å². The van der Waals surface area contributed by atoms with Crippen LogP contribution < -0.4 is 9.62 Å². The third-order valence-electron chi connectivity index (χ3n) is 4.37. The van der Waals surface area contributed by atoms with E-state index in [2.05, 4.69) is 9.62 Å². The van der Waals surface area contributed by atoms with Gasteiger partial charge in [0, 0.05) is 31.9 Å². The van der Waals surface area contributed by atoms with E-state index in [-0.39, 0.29) is 27.4 Å². The second kappa shape index (κ2) is 8.48. The first-order chi connectivity index (χ1) is 12.9. The minimum absolute atomic E-state index is 0.0291. The van der Waals surface area contributed by atoms with Gasteiger partial charge in [0.05, 0.1) is 21.5 Å². The van der Waals surface area contributed by atoms with Gasteiger partial charge in [-0.15, -0.1) is 0 Å². The average molecular weight is 428 g/mol. The van der Waals surface area contributed by atoms with Crippen LogP contribution in [0.4, 0.5) is 5.69 Å². The van der Waals surface area contributed by atoms with E-state index < -0.39 is 10.0 Å². The van der Waals surface area contributed by atoms with Crippen molar-refractivity contribution in [1.82, 2.24) is 9.62 Å². The van der Waals surface area contributed by atoms with Gasteiger partial charge >= 0.3 is 0 Å². The normalized spacial score (nSPS) is 15.0. The number of carbonyl (C=O) groups is 1. The molecule has 1 aliphatic heterocycles. The molecule has 3 rings (SSSR count). The fraction of sp³-hybridized carbons (Fsp3) is 0.278. The lowest BCUT2D eigenvalue weighted by molar-refractivity contribution is -0.130. The van der Waals surface area contributed by atoms with Gasteiger partial charge in [0.2, 0.25) is 15.9 Å². The fourth-order valence-electron chi connectivity index (χ4n) is 2.85. The molecule has 0 saturated carbocycles. The minimum Gasteiger partial charge on any atom is -0.368 e. The van der Waals surface area contributed by atoms with Gasteiger partial charge in [0.15, 0.2) is 0 Å².